The molecule has 58 valence electrons. The second-order valence-corrected chi connectivity index (χ2v) is 2.26. The quantitative estimate of drug-likeness (QED) is 0.394. The van der Waals surface area contributed by atoms with Crippen LogP contribution < -0.4 is 0 Å². The first kappa shape index (κ1) is 8.01. The molecule has 0 aliphatic heterocycles. The summed E-state index contributed by atoms with van der Waals surface area (Å²) in [5.74, 6) is -0.413. The summed E-state index contributed by atoms with van der Waals surface area (Å²) in [6.07, 6.45) is 0. The Morgan fingerprint density at radius 3 is 2.82 bits per heavy atom. The molecule has 0 heterocycles. The molecule has 1 aromatic rings. The highest BCUT2D eigenvalue weighted by Gasteiger charge is 1.99. The van der Waals surface area contributed by atoms with Crippen LogP contribution in [0.15, 0.2) is 29.4 Å². The molecule has 0 saturated heterocycles. The Morgan fingerprint density at radius 1 is 1.55 bits per heavy atom. The van der Waals surface area contributed by atoms with Crippen molar-refractivity contribution in [3.63, 3.8) is 0 Å². The molecule has 0 amide bonds. The van der Waals surface area contributed by atoms with Crippen LogP contribution in [0.2, 0.25) is 0 Å². The molecular weight excluding hydrogens is 169 g/mol. The van der Waals surface area contributed by atoms with Gasteiger partial charge in [-0.05, 0) is 12.1 Å². The highest BCUT2D eigenvalue weighted by molar-refractivity contribution is 6.69. The summed E-state index contributed by atoms with van der Waals surface area (Å²) in [6.45, 7) is 0. The van der Waals surface area contributed by atoms with Crippen LogP contribution in [0.5, 0.6) is 0 Å². The van der Waals surface area contributed by atoms with Crippen LogP contribution >= 0.6 is 11.6 Å². The van der Waals surface area contributed by atoms with Crippen LogP contribution in [-0.4, -0.2) is 10.4 Å². The van der Waals surface area contributed by atoms with Crippen molar-refractivity contribution in [1.82, 2.24) is 0 Å². The molecule has 0 unspecified atom stereocenters. The highest BCUT2D eigenvalue weighted by atomic mass is 35.5. The Labute approximate surface area is 67.9 Å². The van der Waals surface area contributed by atoms with Gasteiger partial charge >= 0.3 is 0 Å². The maximum Gasteiger partial charge on any atom is 0.175 e. The average molecular weight is 174 g/mol. The zero-order valence-electron chi connectivity index (χ0n) is 5.46. The second kappa shape index (κ2) is 3.34. The van der Waals surface area contributed by atoms with Crippen LogP contribution in [0.3, 0.4) is 0 Å². The van der Waals surface area contributed by atoms with Crippen molar-refractivity contribution in [2.24, 2.45) is 5.16 Å². The molecule has 11 heavy (non-hydrogen) atoms. The van der Waals surface area contributed by atoms with Gasteiger partial charge in [-0.15, -0.1) is 0 Å². The minimum Gasteiger partial charge on any atom is -0.410 e. The molecule has 1 aromatic carbocycles. The molecule has 0 bridgehead atoms. The van der Waals surface area contributed by atoms with E-state index >= 15 is 0 Å². The Morgan fingerprint density at radius 2 is 2.27 bits per heavy atom. The number of hydrogen-bond donors (Lipinski definition) is 1. The van der Waals surface area contributed by atoms with Crippen molar-refractivity contribution in [2.75, 3.05) is 0 Å². The first-order valence-corrected chi connectivity index (χ1v) is 3.25. The fraction of sp³-hybridized carbons (Fsp3) is 0. The van der Waals surface area contributed by atoms with Crippen LogP contribution in [0.1, 0.15) is 5.56 Å². The molecule has 0 aromatic heterocycles. The van der Waals surface area contributed by atoms with Gasteiger partial charge in [0.15, 0.2) is 5.17 Å². The lowest BCUT2D eigenvalue weighted by Crippen LogP contribution is -1.90. The third-order valence-electron chi connectivity index (χ3n) is 1.15. The minimum atomic E-state index is -0.413. The van der Waals surface area contributed by atoms with E-state index in [9.17, 15) is 4.39 Å². The molecule has 0 spiro atoms. The van der Waals surface area contributed by atoms with Crippen LogP contribution in [0.25, 0.3) is 0 Å². The fourth-order valence-electron chi connectivity index (χ4n) is 0.675. The van der Waals surface area contributed by atoms with Gasteiger partial charge in [-0.2, -0.15) is 0 Å². The average Bonchev–Trinajstić information content (AvgIpc) is 2.03. The first-order chi connectivity index (χ1) is 5.24. The maximum atomic E-state index is 12.5. The van der Waals surface area contributed by atoms with Crippen molar-refractivity contribution in [3.8, 4) is 0 Å². The smallest absolute Gasteiger partial charge is 0.175 e. The summed E-state index contributed by atoms with van der Waals surface area (Å²) in [5.41, 5.74) is 0.356. The van der Waals surface area contributed by atoms with Crippen LogP contribution in [0.4, 0.5) is 4.39 Å². The normalized spacial score (nSPS) is 11.6. The minimum absolute atomic E-state index is 0.121. The summed E-state index contributed by atoms with van der Waals surface area (Å²) in [7, 11) is 0. The molecule has 1 rings (SSSR count). The predicted octanol–water partition coefficient (Wildman–Crippen LogP) is 2.20. The number of hydrogen-bond acceptors (Lipinski definition) is 2. The van der Waals surface area contributed by atoms with Crippen molar-refractivity contribution < 1.29 is 9.60 Å². The lowest BCUT2D eigenvalue weighted by atomic mass is 10.2. The van der Waals surface area contributed by atoms with Crippen molar-refractivity contribution in [1.29, 1.82) is 0 Å². The van der Waals surface area contributed by atoms with E-state index in [2.05, 4.69) is 5.16 Å². The van der Waals surface area contributed by atoms with E-state index < -0.39 is 5.82 Å². The Balaban J connectivity index is 3.06. The van der Waals surface area contributed by atoms with E-state index in [-0.39, 0.29) is 5.17 Å². The molecule has 2 nitrogen and oxygen atoms in total. The number of halogens is 2. The molecular formula is C7H5ClFNO. The number of benzene rings is 1. The van der Waals surface area contributed by atoms with Gasteiger partial charge in [0.2, 0.25) is 0 Å². The van der Waals surface area contributed by atoms with Crippen molar-refractivity contribution >= 4 is 16.8 Å². The zero-order chi connectivity index (χ0) is 8.27. The van der Waals surface area contributed by atoms with E-state index in [1.54, 1.807) is 6.07 Å². The van der Waals surface area contributed by atoms with Crippen LogP contribution in [-0.2, 0) is 0 Å². The summed E-state index contributed by atoms with van der Waals surface area (Å²) in [6, 6.07) is 5.50. The number of nitrogens with zero attached hydrogens (tertiary/aromatic N) is 1. The van der Waals surface area contributed by atoms with E-state index in [0.29, 0.717) is 5.56 Å². The molecule has 4 heteroatoms. The second-order valence-electron chi connectivity index (χ2n) is 1.90. The van der Waals surface area contributed by atoms with Gasteiger partial charge < -0.3 is 5.21 Å². The Hall–Kier alpha value is -1.09. The van der Waals surface area contributed by atoms with Gasteiger partial charge in [-0.25, -0.2) is 4.39 Å². The summed E-state index contributed by atoms with van der Waals surface area (Å²) in [5, 5.41) is 10.8. The third kappa shape index (κ3) is 1.91. The maximum absolute atomic E-state index is 12.5. The van der Waals surface area contributed by atoms with Gasteiger partial charge in [0.1, 0.15) is 5.82 Å². The zero-order valence-corrected chi connectivity index (χ0v) is 6.22. The fourth-order valence-corrected chi connectivity index (χ4v) is 0.792. The first-order valence-electron chi connectivity index (χ1n) is 2.87. The summed E-state index contributed by atoms with van der Waals surface area (Å²) in [4.78, 5) is 0. The molecule has 0 aliphatic rings. The molecule has 0 saturated carbocycles. The summed E-state index contributed by atoms with van der Waals surface area (Å²) < 4.78 is 12.5. The topological polar surface area (TPSA) is 32.6 Å². The van der Waals surface area contributed by atoms with Gasteiger partial charge in [-0.3, -0.25) is 0 Å². The van der Waals surface area contributed by atoms with Gasteiger partial charge in [0, 0.05) is 5.56 Å². The van der Waals surface area contributed by atoms with E-state index in [1.165, 1.54) is 18.2 Å². The standard InChI is InChI=1S/C7H5ClFNO/c8-7(10-11)5-2-1-3-6(9)4-5/h1-4,11H/b10-7-. The Kier molecular flexibility index (Phi) is 2.44. The Bertz CT molecular complexity index is 288. The van der Waals surface area contributed by atoms with Gasteiger partial charge in [0.25, 0.3) is 0 Å². The highest BCUT2D eigenvalue weighted by Crippen LogP contribution is 2.06. The molecule has 1 N–H and O–H groups in total. The number of oxime groups is 1. The van der Waals surface area contributed by atoms with E-state index in [4.69, 9.17) is 16.8 Å². The largest absolute Gasteiger partial charge is 0.410 e. The lowest BCUT2D eigenvalue weighted by molar-refractivity contribution is 0.321. The van der Waals surface area contributed by atoms with Gasteiger partial charge in [0.05, 0.1) is 0 Å². The number of rotatable bonds is 1. The monoisotopic (exact) mass is 173 g/mol. The molecule has 0 aliphatic carbocycles. The van der Waals surface area contributed by atoms with E-state index in [0.717, 1.165) is 0 Å². The lowest BCUT2D eigenvalue weighted by Gasteiger charge is -1.94. The predicted molar refractivity (Wildman–Crippen MR) is 40.6 cm³/mol. The summed E-state index contributed by atoms with van der Waals surface area (Å²) >= 11 is 5.40. The van der Waals surface area contributed by atoms with Gasteiger partial charge in [-0.1, -0.05) is 28.9 Å². The molecule has 0 atom stereocenters. The van der Waals surface area contributed by atoms with Crippen molar-refractivity contribution in [2.45, 2.75) is 0 Å². The van der Waals surface area contributed by atoms with Crippen molar-refractivity contribution in [3.05, 3.63) is 35.6 Å². The third-order valence-corrected chi connectivity index (χ3v) is 1.44. The van der Waals surface area contributed by atoms with E-state index in [1.807, 2.05) is 0 Å². The SMILES string of the molecule is O/N=C(\Cl)c1cccc(F)c1. The van der Waals surface area contributed by atoms with Crippen LogP contribution in [0, 0.1) is 5.82 Å². The molecule has 0 fully saturated rings. The molecule has 0 radical (unpaired) electrons.